The molecule has 0 aromatic carbocycles. The minimum atomic E-state index is -0.177. The second-order valence-electron chi connectivity index (χ2n) is 9.13. The summed E-state index contributed by atoms with van der Waals surface area (Å²) in [6.07, 6.45) is 13.3. The third kappa shape index (κ3) is 4.15. The summed E-state index contributed by atoms with van der Waals surface area (Å²) >= 11 is 0. The second kappa shape index (κ2) is 8.91. The molecule has 7 heteroatoms. The molecule has 164 valence electrons. The minimum absolute atomic E-state index is 0.0176. The van der Waals surface area contributed by atoms with Gasteiger partial charge in [-0.2, -0.15) is 0 Å². The van der Waals surface area contributed by atoms with Gasteiger partial charge in [0.05, 0.1) is 17.3 Å². The number of rotatable bonds is 3. The summed E-state index contributed by atoms with van der Waals surface area (Å²) in [7, 11) is 0. The van der Waals surface area contributed by atoms with Crippen molar-refractivity contribution in [1.82, 2.24) is 24.8 Å². The topological polar surface area (TPSA) is 82.2 Å². The number of piperidine rings is 1. The third-order valence-corrected chi connectivity index (χ3v) is 7.21. The van der Waals surface area contributed by atoms with Gasteiger partial charge in [-0.1, -0.05) is 19.3 Å². The quantitative estimate of drug-likeness (QED) is 0.823. The van der Waals surface area contributed by atoms with Gasteiger partial charge in [0.1, 0.15) is 5.82 Å². The standard InChI is InChI=1S/C24H31N5O2/c30-23-19-16-28(18-6-2-1-3-7-18)15-11-20(19)26-22(27-23)21-8-4-5-14-29(21)24(31)17-9-12-25-13-10-17/h9-10,12-13,18,21H,1-8,11,14-16H2,(H,26,27,30)/t21-/m0/s1. The van der Waals surface area contributed by atoms with Gasteiger partial charge < -0.3 is 9.88 Å². The number of nitrogens with zero attached hydrogens (tertiary/aromatic N) is 4. The number of carbonyl (C=O) groups is 1. The van der Waals surface area contributed by atoms with Gasteiger partial charge in [0.25, 0.3) is 11.5 Å². The molecule has 7 nitrogen and oxygen atoms in total. The fourth-order valence-electron chi connectivity index (χ4n) is 5.50. The van der Waals surface area contributed by atoms with Crippen LogP contribution in [0.25, 0.3) is 0 Å². The number of aromatic amines is 1. The zero-order valence-corrected chi connectivity index (χ0v) is 18.1. The summed E-state index contributed by atoms with van der Waals surface area (Å²) in [5, 5.41) is 0. The van der Waals surface area contributed by atoms with E-state index in [1.165, 1.54) is 32.1 Å². The lowest BCUT2D eigenvalue weighted by molar-refractivity contribution is 0.0598. The van der Waals surface area contributed by atoms with Crippen molar-refractivity contribution in [2.45, 2.75) is 76.4 Å². The summed E-state index contributed by atoms with van der Waals surface area (Å²) < 4.78 is 0. The molecule has 0 spiro atoms. The number of fused-ring (bicyclic) bond motifs is 1. The summed E-state index contributed by atoms with van der Waals surface area (Å²) in [6, 6.07) is 3.92. The van der Waals surface area contributed by atoms with Crippen molar-refractivity contribution in [3.8, 4) is 0 Å². The summed E-state index contributed by atoms with van der Waals surface area (Å²) in [5.41, 5.74) is 2.35. The molecule has 0 unspecified atom stereocenters. The Morgan fingerprint density at radius 3 is 2.58 bits per heavy atom. The molecule has 3 aliphatic rings. The fourth-order valence-corrected chi connectivity index (χ4v) is 5.50. The Hall–Kier alpha value is -2.54. The molecule has 1 saturated heterocycles. The zero-order valence-electron chi connectivity index (χ0n) is 18.1. The Labute approximate surface area is 182 Å². The number of carbonyl (C=O) groups excluding carboxylic acids is 1. The molecule has 4 heterocycles. The van der Waals surface area contributed by atoms with Gasteiger partial charge in [-0.15, -0.1) is 0 Å². The van der Waals surface area contributed by atoms with Crippen LogP contribution in [0.5, 0.6) is 0 Å². The zero-order chi connectivity index (χ0) is 21.2. The summed E-state index contributed by atoms with van der Waals surface area (Å²) in [6.45, 7) is 2.35. The number of nitrogens with one attached hydrogen (secondary N) is 1. The highest BCUT2D eigenvalue weighted by molar-refractivity contribution is 5.94. The fraction of sp³-hybridized carbons (Fsp3) is 0.583. The van der Waals surface area contributed by atoms with Gasteiger partial charge in [-0.3, -0.25) is 19.5 Å². The monoisotopic (exact) mass is 421 g/mol. The Bertz CT molecular complexity index is 983. The SMILES string of the molecule is O=C(c1ccncc1)N1CCCC[C@H]1c1nc2c(c(=O)[nH]1)CN(C1CCCCC1)CC2. The predicted molar refractivity (Wildman–Crippen MR) is 118 cm³/mol. The third-order valence-electron chi connectivity index (χ3n) is 7.21. The first-order chi connectivity index (χ1) is 15.2. The van der Waals surface area contributed by atoms with Gasteiger partial charge in [0, 0.05) is 50.1 Å². The average molecular weight is 422 g/mol. The van der Waals surface area contributed by atoms with Crippen LogP contribution >= 0.6 is 0 Å². The molecular weight excluding hydrogens is 390 g/mol. The Morgan fingerprint density at radius 2 is 1.77 bits per heavy atom. The van der Waals surface area contributed by atoms with Gasteiger partial charge in [-0.05, 0) is 44.2 Å². The molecule has 2 aromatic rings. The van der Waals surface area contributed by atoms with E-state index in [4.69, 9.17) is 4.98 Å². The van der Waals surface area contributed by atoms with E-state index in [-0.39, 0.29) is 17.5 Å². The van der Waals surface area contributed by atoms with E-state index in [0.29, 0.717) is 30.5 Å². The lowest BCUT2D eigenvalue weighted by Gasteiger charge is -2.38. The molecule has 31 heavy (non-hydrogen) atoms. The van der Waals surface area contributed by atoms with E-state index >= 15 is 0 Å². The van der Waals surface area contributed by atoms with Gasteiger partial charge >= 0.3 is 0 Å². The summed E-state index contributed by atoms with van der Waals surface area (Å²) in [5.74, 6) is 0.632. The number of H-pyrrole nitrogens is 1. The van der Waals surface area contributed by atoms with Crippen molar-refractivity contribution in [2.75, 3.05) is 13.1 Å². The van der Waals surface area contributed by atoms with Crippen LogP contribution in [0.4, 0.5) is 0 Å². The molecule has 2 fully saturated rings. The van der Waals surface area contributed by atoms with Crippen LogP contribution in [0.2, 0.25) is 0 Å². The molecular formula is C24H31N5O2. The minimum Gasteiger partial charge on any atom is -0.328 e. The molecule has 1 amide bonds. The highest BCUT2D eigenvalue weighted by atomic mass is 16.2. The molecule has 1 atom stereocenters. The first kappa shape index (κ1) is 20.4. The molecule has 1 saturated carbocycles. The van der Waals surface area contributed by atoms with Crippen molar-refractivity contribution in [3.63, 3.8) is 0 Å². The molecule has 0 radical (unpaired) electrons. The maximum Gasteiger partial charge on any atom is 0.255 e. The highest BCUT2D eigenvalue weighted by Crippen LogP contribution is 2.31. The van der Waals surface area contributed by atoms with Crippen LogP contribution in [0, 0.1) is 0 Å². The lowest BCUT2D eigenvalue weighted by atomic mass is 9.92. The molecule has 0 bridgehead atoms. The molecule has 2 aromatic heterocycles. The average Bonchev–Trinajstić information content (AvgIpc) is 2.84. The second-order valence-corrected chi connectivity index (χ2v) is 9.13. The van der Waals surface area contributed by atoms with Gasteiger partial charge in [-0.25, -0.2) is 4.98 Å². The number of hydrogen-bond donors (Lipinski definition) is 1. The van der Waals surface area contributed by atoms with Crippen LogP contribution in [-0.4, -0.2) is 49.8 Å². The Morgan fingerprint density at radius 1 is 1.00 bits per heavy atom. The summed E-state index contributed by atoms with van der Waals surface area (Å²) in [4.78, 5) is 42.6. The van der Waals surface area contributed by atoms with E-state index in [2.05, 4.69) is 14.9 Å². The first-order valence-corrected chi connectivity index (χ1v) is 11.8. The Kier molecular flexibility index (Phi) is 5.85. The number of aromatic nitrogens is 3. The number of hydrogen-bond acceptors (Lipinski definition) is 5. The van der Waals surface area contributed by atoms with E-state index in [1.807, 2.05) is 4.90 Å². The predicted octanol–water partition coefficient (Wildman–Crippen LogP) is 3.22. The van der Waals surface area contributed by atoms with Crippen LogP contribution < -0.4 is 5.56 Å². The number of amides is 1. The first-order valence-electron chi connectivity index (χ1n) is 11.8. The number of likely N-dealkylation sites (tertiary alicyclic amines) is 1. The van der Waals surface area contributed by atoms with Crippen LogP contribution in [0.1, 0.15) is 84.8 Å². The van der Waals surface area contributed by atoms with Gasteiger partial charge in [0.2, 0.25) is 0 Å². The van der Waals surface area contributed by atoms with Crippen LogP contribution in [-0.2, 0) is 13.0 Å². The van der Waals surface area contributed by atoms with E-state index in [9.17, 15) is 9.59 Å². The van der Waals surface area contributed by atoms with E-state index in [1.54, 1.807) is 24.5 Å². The Balaban J connectivity index is 1.39. The maximum atomic E-state index is 13.1. The van der Waals surface area contributed by atoms with Crippen molar-refractivity contribution in [3.05, 3.63) is 57.5 Å². The van der Waals surface area contributed by atoms with Crippen molar-refractivity contribution >= 4 is 5.91 Å². The van der Waals surface area contributed by atoms with Crippen LogP contribution in [0.15, 0.2) is 29.3 Å². The highest BCUT2D eigenvalue weighted by Gasteiger charge is 2.33. The number of pyridine rings is 1. The van der Waals surface area contributed by atoms with Gasteiger partial charge in [0.15, 0.2) is 0 Å². The van der Waals surface area contributed by atoms with E-state index in [0.717, 1.165) is 43.5 Å². The van der Waals surface area contributed by atoms with Crippen molar-refractivity contribution in [1.29, 1.82) is 0 Å². The maximum absolute atomic E-state index is 13.1. The normalized spacial score (nSPS) is 22.8. The lowest BCUT2D eigenvalue weighted by Crippen LogP contribution is -2.44. The molecule has 5 rings (SSSR count). The largest absolute Gasteiger partial charge is 0.328 e. The van der Waals surface area contributed by atoms with Crippen molar-refractivity contribution in [2.24, 2.45) is 0 Å². The van der Waals surface area contributed by atoms with Crippen molar-refractivity contribution < 1.29 is 4.79 Å². The molecule has 1 N–H and O–H groups in total. The molecule has 1 aliphatic carbocycles. The van der Waals surface area contributed by atoms with Crippen LogP contribution in [0.3, 0.4) is 0 Å². The smallest absolute Gasteiger partial charge is 0.255 e. The molecule has 2 aliphatic heterocycles. The van der Waals surface area contributed by atoms with E-state index < -0.39 is 0 Å².